The highest BCUT2D eigenvalue weighted by Crippen LogP contribution is 2.62. The Morgan fingerprint density at radius 3 is 2.70 bits per heavy atom. The fourth-order valence-corrected chi connectivity index (χ4v) is 7.57. The van der Waals surface area contributed by atoms with E-state index in [4.69, 9.17) is 4.74 Å². The third kappa shape index (κ3) is 3.68. The molecule has 1 N–H and O–H groups in total. The van der Waals surface area contributed by atoms with Crippen molar-refractivity contribution >= 4 is 0 Å². The van der Waals surface area contributed by atoms with Gasteiger partial charge < -0.3 is 9.84 Å². The topological polar surface area (TPSA) is 53.2 Å². The Morgan fingerprint density at radius 2 is 1.97 bits per heavy atom. The molecule has 33 heavy (non-hydrogen) atoms. The number of hydrogen-bond acceptors (Lipinski definition) is 3. The highest BCUT2D eigenvalue weighted by Gasteiger charge is 2.54. The molecule has 3 heteroatoms. The molecule has 2 fully saturated rings. The summed E-state index contributed by atoms with van der Waals surface area (Å²) in [5.41, 5.74) is 6.57. The first kappa shape index (κ1) is 22.5. The molecule has 0 saturated heterocycles. The predicted molar refractivity (Wildman–Crippen MR) is 131 cm³/mol. The minimum Gasteiger partial charge on any atom is -0.489 e. The third-order valence-electron chi connectivity index (χ3n) is 9.29. The van der Waals surface area contributed by atoms with Crippen molar-refractivity contribution in [2.75, 3.05) is 0 Å². The van der Waals surface area contributed by atoms with Gasteiger partial charge in [0.05, 0.1) is 18.1 Å². The summed E-state index contributed by atoms with van der Waals surface area (Å²) in [7, 11) is 0. The van der Waals surface area contributed by atoms with Crippen molar-refractivity contribution in [2.45, 2.75) is 90.3 Å². The second-order valence-corrected chi connectivity index (χ2v) is 10.9. The Kier molecular flexibility index (Phi) is 6.00. The highest BCUT2D eigenvalue weighted by molar-refractivity contribution is 5.55. The Hall–Kier alpha value is -2.31. The molecule has 0 amide bonds. The van der Waals surface area contributed by atoms with Crippen LogP contribution in [0.3, 0.4) is 0 Å². The van der Waals surface area contributed by atoms with Gasteiger partial charge in [-0.15, -0.1) is 0 Å². The molecule has 3 nitrogen and oxygen atoms in total. The average molecular weight is 444 g/mol. The van der Waals surface area contributed by atoms with E-state index in [0.717, 1.165) is 44.3 Å². The maximum absolute atomic E-state index is 10.8. The zero-order valence-corrected chi connectivity index (χ0v) is 20.3. The predicted octanol–water partition coefficient (Wildman–Crippen LogP) is 6.67. The molecule has 0 bridgehead atoms. The van der Waals surface area contributed by atoms with Crippen molar-refractivity contribution in [2.24, 2.45) is 17.3 Å². The normalized spacial score (nSPS) is 31.1. The second-order valence-electron chi connectivity index (χ2n) is 10.9. The lowest BCUT2D eigenvalue weighted by molar-refractivity contribution is -0.0227. The molecule has 0 aliphatic heterocycles. The minimum absolute atomic E-state index is 0.0754. The Morgan fingerprint density at radius 1 is 1.18 bits per heavy atom. The standard InChI is InChI=1S/C30H37NO2/c1-4-22-26(33-18-20-8-6-5-7-9-20)16-21-10-11-23-24(29(21)28(22)19(2)17-31)14-15-30(3)25(23)12-13-27(30)32/h5-9,16,19,23-25,27,32H,4,10-15,18H2,1-3H3/t19?,23-,24+,25+,27+,30+/m1/s1. The number of aliphatic hydroxyl groups excluding tert-OH is 1. The van der Waals surface area contributed by atoms with Gasteiger partial charge in [0.1, 0.15) is 12.4 Å². The monoisotopic (exact) mass is 443 g/mol. The molecule has 6 atom stereocenters. The van der Waals surface area contributed by atoms with Crippen molar-refractivity contribution in [1.29, 1.82) is 5.26 Å². The first-order chi connectivity index (χ1) is 16.0. The van der Waals surface area contributed by atoms with Crippen LogP contribution < -0.4 is 4.74 Å². The maximum Gasteiger partial charge on any atom is 0.123 e. The van der Waals surface area contributed by atoms with E-state index in [0.29, 0.717) is 24.4 Å². The van der Waals surface area contributed by atoms with E-state index in [-0.39, 0.29) is 17.4 Å². The molecule has 0 aromatic heterocycles. The molecular formula is C30H37NO2. The van der Waals surface area contributed by atoms with Crippen LogP contribution in [0, 0.1) is 28.6 Å². The van der Waals surface area contributed by atoms with Gasteiger partial charge in [0.15, 0.2) is 0 Å². The molecule has 3 aliphatic carbocycles. The lowest BCUT2D eigenvalue weighted by atomic mass is 9.54. The zero-order valence-electron chi connectivity index (χ0n) is 20.3. The van der Waals surface area contributed by atoms with E-state index in [2.05, 4.69) is 45.0 Å². The Balaban J connectivity index is 1.56. The summed E-state index contributed by atoms with van der Waals surface area (Å²) >= 11 is 0. The van der Waals surface area contributed by atoms with Gasteiger partial charge in [-0.1, -0.05) is 44.2 Å². The van der Waals surface area contributed by atoms with Crippen molar-refractivity contribution in [3.63, 3.8) is 0 Å². The quantitative estimate of drug-likeness (QED) is 0.561. The number of ether oxygens (including phenoxy) is 1. The van der Waals surface area contributed by atoms with E-state index in [1.807, 2.05) is 18.2 Å². The summed E-state index contributed by atoms with van der Waals surface area (Å²) in [5.74, 6) is 2.56. The number of rotatable bonds is 5. The van der Waals surface area contributed by atoms with Crippen molar-refractivity contribution in [3.05, 3.63) is 64.2 Å². The number of nitrogens with zero attached hydrogens (tertiary/aromatic N) is 1. The first-order valence-corrected chi connectivity index (χ1v) is 12.9. The summed E-state index contributed by atoms with van der Waals surface area (Å²) in [6.45, 7) is 7.14. The smallest absolute Gasteiger partial charge is 0.123 e. The van der Waals surface area contributed by atoms with Gasteiger partial charge >= 0.3 is 0 Å². The summed E-state index contributed by atoms with van der Waals surface area (Å²) in [5, 5.41) is 20.8. The van der Waals surface area contributed by atoms with Gasteiger partial charge in [0.25, 0.3) is 0 Å². The van der Waals surface area contributed by atoms with Crippen LogP contribution in [0.2, 0.25) is 0 Å². The van der Waals surface area contributed by atoms with E-state index < -0.39 is 0 Å². The number of benzene rings is 2. The molecule has 2 aromatic rings. The van der Waals surface area contributed by atoms with E-state index >= 15 is 0 Å². The van der Waals surface area contributed by atoms with Crippen LogP contribution in [0.25, 0.3) is 0 Å². The van der Waals surface area contributed by atoms with Crippen LogP contribution in [0.5, 0.6) is 5.75 Å². The number of fused-ring (bicyclic) bond motifs is 5. The molecule has 5 rings (SSSR count). The van der Waals surface area contributed by atoms with Crippen molar-refractivity contribution < 1.29 is 9.84 Å². The molecule has 3 aliphatic rings. The summed E-state index contributed by atoms with van der Waals surface area (Å²) in [4.78, 5) is 0. The van der Waals surface area contributed by atoms with Gasteiger partial charge in [-0.25, -0.2) is 0 Å². The Labute approximate surface area is 198 Å². The summed E-state index contributed by atoms with van der Waals surface area (Å²) in [6, 6.07) is 15.2. The van der Waals surface area contributed by atoms with Gasteiger partial charge in [-0.2, -0.15) is 5.26 Å². The van der Waals surface area contributed by atoms with E-state index in [9.17, 15) is 10.4 Å². The van der Waals surface area contributed by atoms with Gasteiger partial charge in [-0.3, -0.25) is 0 Å². The van der Waals surface area contributed by atoms with E-state index in [1.54, 1.807) is 0 Å². The lowest BCUT2D eigenvalue weighted by Gasteiger charge is -2.51. The molecule has 1 unspecified atom stereocenters. The van der Waals surface area contributed by atoms with Crippen molar-refractivity contribution in [1.82, 2.24) is 0 Å². The molecule has 2 saturated carbocycles. The van der Waals surface area contributed by atoms with Crippen LogP contribution in [0.1, 0.15) is 92.5 Å². The third-order valence-corrected chi connectivity index (χ3v) is 9.29. The second kappa shape index (κ2) is 8.80. The van der Waals surface area contributed by atoms with Crippen LogP contribution in [-0.2, 0) is 19.4 Å². The summed E-state index contributed by atoms with van der Waals surface area (Å²) in [6.07, 6.45) is 7.28. The van der Waals surface area contributed by atoms with Crippen LogP contribution in [0.15, 0.2) is 36.4 Å². The molecule has 0 spiro atoms. The first-order valence-electron chi connectivity index (χ1n) is 12.9. The summed E-state index contributed by atoms with van der Waals surface area (Å²) < 4.78 is 6.41. The lowest BCUT2D eigenvalue weighted by Crippen LogP contribution is -2.44. The van der Waals surface area contributed by atoms with Crippen LogP contribution in [-0.4, -0.2) is 11.2 Å². The maximum atomic E-state index is 10.8. The van der Waals surface area contributed by atoms with Crippen molar-refractivity contribution in [3.8, 4) is 11.8 Å². The highest BCUT2D eigenvalue weighted by atomic mass is 16.5. The number of hydrogen-bond donors (Lipinski definition) is 1. The van der Waals surface area contributed by atoms with Crippen LogP contribution >= 0.6 is 0 Å². The molecule has 0 heterocycles. The molecule has 0 radical (unpaired) electrons. The SMILES string of the molecule is CCc1c(OCc2ccccc2)cc2c(c1C(C)C#N)[C@H]1CC[C@]3(C)[C@@H](O)CC[C@H]3[C@@H]1CC2. The van der Waals surface area contributed by atoms with Crippen LogP contribution in [0.4, 0.5) is 0 Å². The van der Waals surface area contributed by atoms with E-state index in [1.165, 1.54) is 34.2 Å². The fraction of sp³-hybridized carbons (Fsp3) is 0.567. The van der Waals surface area contributed by atoms with Gasteiger partial charge in [-0.05, 0) is 109 Å². The fourth-order valence-electron chi connectivity index (χ4n) is 7.57. The zero-order chi connectivity index (χ0) is 23.2. The minimum atomic E-state index is -0.151. The Bertz CT molecular complexity index is 1060. The number of aryl methyl sites for hydroxylation is 1. The van der Waals surface area contributed by atoms with Gasteiger partial charge in [0, 0.05) is 0 Å². The number of aliphatic hydroxyl groups is 1. The van der Waals surface area contributed by atoms with Gasteiger partial charge in [0.2, 0.25) is 0 Å². The molecule has 2 aromatic carbocycles. The number of nitriles is 1. The molecular weight excluding hydrogens is 406 g/mol. The molecule has 174 valence electrons. The average Bonchev–Trinajstić information content (AvgIpc) is 3.15. The largest absolute Gasteiger partial charge is 0.489 e.